The van der Waals surface area contributed by atoms with Crippen molar-refractivity contribution in [2.75, 3.05) is 36.4 Å². The number of nitrogens with one attached hydrogen (secondary N) is 2. The maximum absolute atomic E-state index is 12.4. The van der Waals surface area contributed by atoms with Crippen LogP contribution in [0.3, 0.4) is 0 Å². The summed E-state index contributed by atoms with van der Waals surface area (Å²) in [5, 5.41) is 28.3. The van der Waals surface area contributed by atoms with E-state index < -0.39 is 15.8 Å². The number of piperazine rings is 1. The molecule has 0 aliphatic carbocycles. The van der Waals surface area contributed by atoms with Gasteiger partial charge in [-0.15, -0.1) is 0 Å². The largest absolute Gasteiger partial charge is 0.363 e. The maximum atomic E-state index is 12.4. The Bertz CT molecular complexity index is 940. The molecule has 1 fully saturated rings. The van der Waals surface area contributed by atoms with Crippen LogP contribution in [0.5, 0.6) is 0 Å². The first kappa shape index (κ1) is 19.2. The van der Waals surface area contributed by atoms with Gasteiger partial charge in [-0.2, -0.15) is 0 Å². The zero-order valence-corrected chi connectivity index (χ0v) is 15.2. The molecule has 0 bridgehead atoms. The number of hydrogen-bond donors (Lipinski definition) is 2. The molecule has 2 aromatic carbocycles. The third-order valence-electron chi connectivity index (χ3n) is 4.56. The van der Waals surface area contributed by atoms with Gasteiger partial charge in [-0.25, -0.2) is 0 Å². The molecule has 1 amide bonds. The highest BCUT2D eigenvalue weighted by Gasteiger charge is 2.22. The first-order valence-electron chi connectivity index (χ1n) is 8.67. The number of aryl methyl sites for hydroxylation is 1. The minimum atomic E-state index is -0.577. The number of nitro groups is 2. The summed E-state index contributed by atoms with van der Waals surface area (Å²) in [6.45, 7) is 4.36. The predicted octanol–water partition coefficient (Wildman–Crippen LogP) is 2.47. The minimum absolute atomic E-state index is 0.102. The number of anilines is 2. The standard InChI is InChI=1S/C18H19N5O5/c1-12-2-3-13(10-16(12)22(25)26)18(24)20-14-4-5-15(17(11-14)23(27)28)21-8-6-19-7-9-21/h2-5,10-11,19H,6-9H2,1H3,(H,20,24). The molecule has 146 valence electrons. The van der Waals surface area contributed by atoms with Crippen molar-refractivity contribution in [3.63, 3.8) is 0 Å². The first-order valence-corrected chi connectivity index (χ1v) is 8.67. The summed E-state index contributed by atoms with van der Waals surface area (Å²) in [6.07, 6.45) is 0. The molecule has 2 aromatic rings. The van der Waals surface area contributed by atoms with Crippen LogP contribution in [0.15, 0.2) is 36.4 Å². The number of rotatable bonds is 5. The van der Waals surface area contributed by atoms with Crippen LogP contribution < -0.4 is 15.5 Å². The fourth-order valence-electron chi connectivity index (χ4n) is 3.07. The van der Waals surface area contributed by atoms with Gasteiger partial charge in [0.2, 0.25) is 0 Å². The van der Waals surface area contributed by atoms with Crippen LogP contribution in [-0.2, 0) is 0 Å². The van der Waals surface area contributed by atoms with Crippen LogP contribution in [0, 0.1) is 27.2 Å². The van der Waals surface area contributed by atoms with Crippen molar-refractivity contribution < 1.29 is 14.6 Å². The van der Waals surface area contributed by atoms with E-state index in [1.807, 2.05) is 4.90 Å². The maximum Gasteiger partial charge on any atom is 0.294 e. The molecular weight excluding hydrogens is 366 g/mol. The second-order valence-corrected chi connectivity index (χ2v) is 6.41. The molecule has 0 aromatic heterocycles. The molecule has 1 aliphatic heterocycles. The normalized spacial score (nSPS) is 13.8. The van der Waals surface area contributed by atoms with E-state index in [4.69, 9.17) is 0 Å². The molecule has 1 saturated heterocycles. The third kappa shape index (κ3) is 4.07. The van der Waals surface area contributed by atoms with E-state index in [0.29, 0.717) is 24.3 Å². The summed E-state index contributed by atoms with van der Waals surface area (Å²) in [7, 11) is 0. The molecular formula is C18H19N5O5. The van der Waals surface area contributed by atoms with E-state index in [9.17, 15) is 25.0 Å². The van der Waals surface area contributed by atoms with Gasteiger partial charge in [0.1, 0.15) is 5.69 Å². The van der Waals surface area contributed by atoms with Gasteiger partial charge in [0.25, 0.3) is 17.3 Å². The van der Waals surface area contributed by atoms with Gasteiger partial charge >= 0.3 is 0 Å². The van der Waals surface area contributed by atoms with E-state index >= 15 is 0 Å². The molecule has 2 N–H and O–H groups in total. The smallest absolute Gasteiger partial charge is 0.294 e. The Balaban J connectivity index is 1.85. The summed E-state index contributed by atoms with van der Waals surface area (Å²) in [4.78, 5) is 35.9. The molecule has 0 unspecified atom stereocenters. The first-order chi connectivity index (χ1) is 13.4. The molecule has 0 saturated carbocycles. The van der Waals surface area contributed by atoms with Gasteiger partial charge in [0, 0.05) is 55.1 Å². The zero-order chi connectivity index (χ0) is 20.3. The number of benzene rings is 2. The van der Waals surface area contributed by atoms with E-state index in [2.05, 4.69) is 10.6 Å². The van der Waals surface area contributed by atoms with E-state index in [1.54, 1.807) is 19.1 Å². The molecule has 0 spiro atoms. The van der Waals surface area contributed by atoms with Crippen molar-refractivity contribution in [1.29, 1.82) is 0 Å². The van der Waals surface area contributed by atoms with Gasteiger partial charge in [-0.1, -0.05) is 6.07 Å². The van der Waals surface area contributed by atoms with Gasteiger partial charge in [0.15, 0.2) is 0 Å². The lowest BCUT2D eigenvalue weighted by atomic mass is 10.1. The fraction of sp³-hybridized carbons (Fsp3) is 0.278. The molecule has 10 heteroatoms. The highest BCUT2D eigenvalue weighted by atomic mass is 16.6. The second-order valence-electron chi connectivity index (χ2n) is 6.41. The Morgan fingerprint density at radius 1 is 1.04 bits per heavy atom. The van der Waals surface area contributed by atoms with E-state index in [0.717, 1.165) is 13.1 Å². The van der Waals surface area contributed by atoms with Gasteiger partial charge in [-0.3, -0.25) is 25.0 Å². The Labute approximate surface area is 160 Å². The van der Waals surface area contributed by atoms with Crippen LogP contribution >= 0.6 is 0 Å². The number of hydrogen-bond acceptors (Lipinski definition) is 7. The highest BCUT2D eigenvalue weighted by Crippen LogP contribution is 2.31. The van der Waals surface area contributed by atoms with Gasteiger partial charge in [0.05, 0.1) is 9.85 Å². The van der Waals surface area contributed by atoms with Crippen molar-refractivity contribution in [3.8, 4) is 0 Å². The Morgan fingerprint density at radius 2 is 1.71 bits per heavy atom. The quantitative estimate of drug-likeness (QED) is 0.597. The van der Waals surface area contributed by atoms with Crippen molar-refractivity contribution in [2.24, 2.45) is 0 Å². The number of nitro benzene ring substituents is 2. The monoisotopic (exact) mass is 385 g/mol. The van der Waals surface area contributed by atoms with Gasteiger partial charge < -0.3 is 15.5 Å². The predicted molar refractivity (Wildman–Crippen MR) is 104 cm³/mol. The minimum Gasteiger partial charge on any atom is -0.363 e. The second kappa shape index (κ2) is 8.01. The van der Waals surface area contributed by atoms with E-state index in [-0.39, 0.29) is 22.6 Å². The topological polar surface area (TPSA) is 131 Å². The van der Waals surface area contributed by atoms with Crippen molar-refractivity contribution in [2.45, 2.75) is 6.92 Å². The Hall–Kier alpha value is -3.53. The van der Waals surface area contributed by atoms with Crippen LogP contribution in [-0.4, -0.2) is 41.9 Å². The third-order valence-corrected chi connectivity index (χ3v) is 4.56. The highest BCUT2D eigenvalue weighted by molar-refractivity contribution is 6.05. The lowest BCUT2D eigenvalue weighted by molar-refractivity contribution is -0.385. The van der Waals surface area contributed by atoms with Crippen molar-refractivity contribution in [3.05, 3.63) is 67.8 Å². The Morgan fingerprint density at radius 3 is 2.36 bits per heavy atom. The molecule has 0 radical (unpaired) electrons. The molecule has 0 atom stereocenters. The van der Waals surface area contributed by atoms with Crippen LogP contribution in [0.4, 0.5) is 22.7 Å². The summed E-state index contributed by atoms with van der Waals surface area (Å²) < 4.78 is 0. The number of amides is 1. The summed E-state index contributed by atoms with van der Waals surface area (Å²) in [6, 6.07) is 8.65. The zero-order valence-electron chi connectivity index (χ0n) is 15.2. The summed E-state index contributed by atoms with van der Waals surface area (Å²) >= 11 is 0. The molecule has 10 nitrogen and oxygen atoms in total. The van der Waals surface area contributed by atoms with Crippen LogP contribution in [0.25, 0.3) is 0 Å². The fourth-order valence-corrected chi connectivity index (χ4v) is 3.07. The number of carbonyl (C=O) groups excluding carboxylic acids is 1. The van der Waals surface area contributed by atoms with Gasteiger partial charge in [-0.05, 0) is 25.1 Å². The average molecular weight is 385 g/mol. The van der Waals surface area contributed by atoms with Crippen LogP contribution in [0.2, 0.25) is 0 Å². The van der Waals surface area contributed by atoms with Crippen molar-refractivity contribution >= 4 is 28.7 Å². The lowest BCUT2D eigenvalue weighted by Crippen LogP contribution is -2.43. The van der Waals surface area contributed by atoms with E-state index in [1.165, 1.54) is 24.3 Å². The molecule has 3 rings (SSSR count). The Kier molecular flexibility index (Phi) is 5.50. The molecule has 1 heterocycles. The summed E-state index contributed by atoms with van der Waals surface area (Å²) in [5.74, 6) is -0.577. The average Bonchev–Trinajstić information content (AvgIpc) is 2.68. The lowest BCUT2D eigenvalue weighted by Gasteiger charge is -2.29. The summed E-state index contributed by atoms with van der Waals surface area (Å²) in [5.41, 5.74) is 1.03. The van der Waals surface area contributed by atoms with Crippen molar-refractivity contribution in [1.82, 2.24) is 5.32 Å². The molecule has 1 aliphatic rings. The number of carbonyl (C=O) groups is 1. The molecule has 28 heavy (non-hydrogen) atoms. The number of nitrogens with zero attached hydrogens (tertiary/aromatic N) is 3. The SMILES string of the molecule is Cc1ccc(C(=O)Nc2ccc(N3CCNCC3)c([N+](=O)[O-])c2)cc1[N+](=O)[O-]. The van der Waals surface area contributed by atoms with Crippen LogP contribution in [0.1, 0.15) is 15.9 Å².